The fourth-order valence-corrected chi connectivity index (χ4v) is 5.27. The van der Waals surface area contributed by atoms with Gasteiger partial charge in [-0.25, -0.2) is 4.79 Å². The molecular weight excluding hydrogens is 474 g/mol. The molecule has 0 bridgehead atoms. The van der Waals surface area contributed by atoms with E-state index in [2.05, 4.69) is 4.90 Å². The van der Waals surface area contributed by atoms with Gasteiger partial charge >= 0.3 is 5.63 Å². The Balaban J connectivity index is 1.50. The molecule has 2 heterocycles. The highest BCUT2D eigenvalue weighted by atomic mass is 35.5. The molecule has 5 nitrogen and oxygen atoms in total. The van der Waals surface area contributed by atoms with Gasteiger partial charge in [-0.05, 0) is 93.2 Å². The molecule has 0 unspecified atom stereocenters. The van der Waals surface area contributed by atoms with Crippen molar-refractivity contribution < 1.29 is 14.3 Å². The summed E-state index contributed by atoms with van der Waals surface area (Å²) in [5.41, 5.74) is 4.40. The van der Waals surface area contributed by atoms with Gasteiger partial charge in [0, 0.05) is 28.1 Å². The van der Waals surface area contributed by atoms with E-state index >= 15 is 0 Å². The molecule has 0 atom stereocenters. The van der Waals surface area contributed by atoms with Crippen LogP contribution < -0.4 is 10.4 Å². The maximum Gasteiger partial charge on any atom is 0.344 e. The third kappa shape index (κ3) is 4.99. The number of hydrogen-bond donors (Lipinski definition) is 1. The lowest BCUT2D eigenvalue weighted by Crippen LogP contribution is -2.25. The first kappa shape index (κ1) is 24.4. The van der Waals surface area contributed by atoms with E-state index in [-0.39, 0.29) is 5.75 Å². The zero-order valence-corrected chi connectivity index (χ0v) is 21.4. The van der Waals surface area contributed by atoms with Gasteiger partial charge in [-0.15, -0.1) is 0 Å². The highest BCUT2D eigenvalue weighted by Gasteiger charge is 2.21. The van der Waals surface area contributed by atoms with Crippen LogP contribution in [0.3, 0.4) is 0 Å². The largest absolute Gasteiger partial charge is 0.508 e. The van der Waals surface area contributed by atoms with Crippen LogP contribution >= 0.6 is 11.6 Å². The number of phenolic OH excluding ortho intramolecular Hbond substituents is 1. The Labute approximate surface area is 215 Å². The molecule has 186 valence electrons. The highest BCUT2D eigenvalue weighted by molar-refractivity contribution is 6.33. The molecule has 0 radical (unpaired) electrons. The number of aryl methyl sites for hydroxylation is 2. The van der Waals surface area contributed by atoms with E-state index in [1.54, 1.807) is 19.1 Å². The third-order valence-electron chi connectivity index (χ3n) is 6.98. The molecule has 1 saturated heterocycles. The van der Waals surface area contributed by atoms with Crippen molar-refractivity contribution in [3.05, 3.63) is 92.3 Å². The van der Waals surface area contributed by atoms with Crippen LogP contribution in [-0.4, -0.2) is 36.2 Å². The van der Waals surface area contributed by atoms with Crippen molar-refractivity contribution in [1.82, 2.24) is 4.90 Å². The molecule has 1 aliphatic heterocycles. The van der Waals surface area contributed by atoms with E-state index in [1.807, 2.05) is 49.4 Å². The van der Waals surface area contributed by atoms with Crippen molar-refractivity contribution in [3.63, 3.8) is 0 Å². The minimum atomic E-state index is -0.473. The lowest BCUT2D eigenvalue weighted by atomic mass is 9.92. The second kappa shape index (κ2) is 10.4. The van der Waals surface area contributed by atoms with Gasteiger partial charge in [0.15, 0.2) is 0 Å². The van der Waals surface area contributed by atoms with Crippen LogP contribution in [0, 0.1) is 13.8 Å². The Hall–Kier alpha value is -3.28. The number of phenols is 1. The number of nitrogens with zero attached hydrogens (tertiary/aromatic N) is 1. The summed E-state index contributed by atoms with van der Waals surface area (Å²) in [7, 11) is 0. The predicted molar refractivity (Wildman–Crippen MR) is 144 cm³/mol. The molecule has 6 heteroatoms. The smallest absolute Gasteiger partial charge is 0.344 e. The van der Waals surface area contributed by atoms with Crippen molar-refractivity contribution in [2.75, 3.05) is 26.2 Å². The number of ether oxygens (including phenoxy) is 1. The third-order valence-corrected chi connectivity index (χ3v) is 7.29. The summed E-state index contributed by atoms with van der Waals surface area (Å²) in [5.74, 6) is 0.922. The van der Waals surface area contributed by atoms with E-state index in [0.29, 0.717) is 40.3 Å². The Morgan fingerprint density at radius 3 is 2.50 bits per heavy atom. The molecular formula is C30H30ClNO4. The standard InChI is InChI=1S/C30H30ClNO4/c1-19-5-10-24(26(31)17-19)28-25(23-11-12-27(33)20(2)29(23)36-30(28)34)18-21-6-8-22(9-7-21)35-16-15-32-13-3-4-14-32/h5-12,17,33H,3-4,13-16,18H2,1-2H3. The Morgan fingerprint density at radius 2 is 1.78 bits per heavy atom. The van der Waals surface area contributed by atoms with Crippen LogP contribution in [-0.2, 0) is 6.42 Å². The first-order valence-corrected chi connectivity index (χ1v) is 12.8. The Kier molecular flexibility index (Phi) is 7.04. The molecule has 1 aliphatic rings. The van der Waals surface area contributed by atoms with E-state index < -0.39 is 5.63 Å². The van der Waals surface area contributed by atoms with E-state index in [4.69, 9.17) is 20.8 Å². The molecule has 3 aromatic carbocycles. The number of aromatic hydroxyl groups is 1. The molecule has 1 N–H and O–H groups in total. The van der Waals surface area contributed by atoms with Crippen LogP contribution in [0.4, 0.5) is 0 Å². The van der Waals surface area contributed by atoms with E-state index in [9.17, 15) is 9.90 Å². The zero-order chi connectivity index (χ0) is 25.2. The Morgan fingerprint density at radius 1 is 1.03 bits per heavy atom. The first-order valence-electron chi connectivity index (χ1n) is 12.4. The molecule has 0 aliphatic carbocycles. The van der Waals surface area contributed by atoms with Crippen molar-refractivity contribution in [2.45, 2.75) is 33.1 Å². The summed E-state index contributed by atoms with van der Waals surface area (Å²) >= 11 is 6.59. The van der Waals surface area contributed by atoms with Crippen LogP contribution in [0.25, 0.3) is 22.1 Å². The van der Waals surface area contributed by atoms with Gasteiger partial charge in [0.25, 0.3) is 0 Å². The van der Waals surface area contributed by atoms with Crippen LogP contribution in [0.5, 0.6) is 11.5 Å². The molecule has 36 heavy (non-hydrogen) atoms. The van der Waals surface area contributed by atoms with E-state index in [1.165, 1.54) is 12.8 Å². The van der Waals surface area contributed by atoms with E-state index in [0.717, 1.165) is 47.5 Å². The quantitative estimate of drug-likeness (QED) is 0.291. The lowest BCUT2D eigenvalue weighted by Gasteiger charge is -2.16. The number of likely N-dealkylation sites (tertiary alicyclic amines) is 1. The van der Waals surface area contributed by atoms with Crippen molar-refractivity contribution in [3.8, 4) is 22.6 Å². The van der Waals surface area contributed by atoms with Crippen molar-refractivity contribution in [2.24, 2.45) is 0 Å². The van der Waals surface area contributed by atoms with Gasteiger partial charge in [-0.1, -0.05) is 35.9 Å². The van der Waals surface area contributed by atoms with Crippen molar-refractivity contribution in [1.29, 1.82) is 0 Å². The summed E-state index contributed by atoms with van der Waals surface area (Å²) in [6, 6.07) is 17.1. The van der Waals surface area contributed by atoms with Gasteiger partial charge in [0.05, 0.1) is 5.56 Å². The summed E-state index contributed by atoms with van der Waals surface area (Å²) < 4.78 is 11.7. The number of rotatable bonds is 7. The Bertz CT molecular complexity index is 1450. The topological polar surface area (TPSA) is 62.9 Å². The van der Waals surface area contributed by atoms with Gasteiger partial charge in [0.1, 0.15) is 23.7 Å². The summed E-state index contributed by atoms with van der Waals surface area (Å²) in [6.07, 6.45) is 3.05. The predicted octanol–water partition coefficient (Wildman–Crippen LogP) is 6.50. The average Bonchev–Trinajstić information content (AvgIpc) is 3.37. The molecule has 0 saturated carbocycles. The van der Waals surface area contributed by atoms with Crippen LogP contribution in [0.1, 0.15) is 35.1 Å². The monoisotopic (exact) mass is 503 g/mol. The fourth-order valence-electron chi connectivity index (χ4n) is 4.94. The average molecular weight is 504 g/mol. The fraction of sp³-hybridized carbons (Fsp3) is 0.300. The minimum absolute atomic E-state index is 0.0909. The normalized spacial score (nSPS) is 14.0. The van der Waals surface area contributed by atoms with Crippen LogP contribution in [0.2, 0.25) is 5.02 Å². The van der Waals surface area contributed by atoms with Crippen LogP contribution in [0.15, 0.2) is 63.8 Å². The molecule has 5 rings (SSSR count). The maximum absolute atomic E-state index is 13.3. The van der Waals surface area contributed by atoms with Gasteiger partial charge < -0.3 is 14.3 Å². The lowest BCUT2D eigenvalue weighted by molar-refractivity contribution is 0.238. The molecule has 1 aromatic heterocycles. The molecule has 4 aromatic rings. The summed E-state index contributed by atoms with van der Waals surface area (Å²) in [6.45, 7) is 7.64. The molecule has 1 fully saturated rings. The molecule has 0 amide bonds. The number of hydrogen-bond acceptors (Lipinski definition) is 5. The van der Waals surface area contributed by atoms with Crippen molar-refractivity contribution >= 4 is 22.6 Å². The molecule has 0 spiro atoms. The maximum atomic E-state index is 13.3. The van der Waals surface area contributed by atoms with Gasteiger partial charge in [0.2, 0.25) is 0 Å². The highest BCUT2D eigenvalue weighted by Crippen LogP contribution is 2.36. The van der Waals surface area contributed by atoms with Gasteiger partial charge in [-0.3, -0.25) is 4.90 Å². The summed E-state index contributed by atoms with van der Waals surface area (Å²) in [4.78, 5) is 15.7. The second-order valence-electron chi connectivity index (χ2n) is 9.53. The minimum Gasteiger partial charge on any atom is -0.508 e. The van der Waals surface area contributed by atoms with Gasteiger partial charge in [-0.2, -0.15) is 0 Å². The SMILES string of the molecule is Cc1ccc(-c2c(Cc3ccc(OCCN4CCCC4)cc3)c3ccc(O)c(C)c3oc2=O)c(Cl)c1. The number of halogens is 1. The summed E-state index contributed by atoms with van der Waals surface area (Å²) in [5, 5.41) is 11.5. The zero-order valence-electron chi connectivity index (χ0n) is 20.6. The first-order chi connectivity index (χ1) is 17.4. The number of benzene rings is 3. The second-order valence-corrected chi connectivity index (χ2v) is 9.94. The number of fused-ring (bicyclic) bond motifs is 1.